The van der Waals surface area contributed by atoms with Crippen molar-refractivity contribution in [1.29, 1.82) is 0 Å². The molecular weight excluding hydrogens is 1090 g/mol. The van der Waals surface area contributed by atoms with Gasteiger partial charge in [-0.05, 0) is 256 Å². The van der Waals surface area contributed by atoms with Gasteiger partial charge in [-0.15, -0.1) is 0 Å². The van der Waals surface area contributed by atoms with Crippen LogP contribution in [0.3, 0.4) is 0 Å². The Morgan fingerprint density at radius 1 is 0.233 bits per heavy atom. The minimum Gasteiger partial charge on any atom is -0.311 e. The van der Waals surface area contributed by atoms with Crippen LogP contribution in [0.4, 0.5) is 34.1 Å². The quantitative estimate of drug-likeness (QED) is 0.133. The number of rotatable bonds is 9. The molecule has 2 aliphatic rings. The van der Waals surface area contributed by atoms with E-state index in [0.29, 0.717) is 0 Å². The van der Waals surface area contributed by atoms with Crippen LogP contribution in [0.2, 0.25) is 0 Å². The molecule has 2 aliphatic heterocycles. The van der Waals surface area contributed by atoms with Crippen LogP contribution < -0.4 is 26.2 Å². The maximum absolute atomic E-state index is 2.59. The first-order valence-corrected chi connectivity index (χ1v) is 31.7. The van der Waals surface area contributed by atoms with Gasteiger partial charge in [0.2, 0.25) is 0 Å². The molecule has 3 nitrogen and oxygen atoms in total. The Morgan fingerprint density at radius 3 is 0.978 bits per heavy atom. The molecule has 430 valence electrons. The van der Waals surface area contributed by atoms with Crippen molar-refractivity contribution in [3.8, 4) is 72.4 Å². The number of aryl methyl sites for hydroxylation is 8. The first-order valence-electron chi connectivity index (χ1n) is 31.7. The Kier molecular flexibility index (Phi) is 13.1. The number of fused-ring (bicyclic) bond motifs is 7. The van der Waals surface area contributed by atoms with E-state index in [2.05, 4.69) is 337 Å². The van der Waals surface area contributed by atoms with Gasteiger partial charge in [0.15, 0.2) is 0 Å². The molecule has 1 aromatic heterocycles. The summed E-state index contributed by atoms with van der Waals surface area (Å²) in [6.07, 6.45) is 0. The molecule has 0 N–H and O–H groups in total. The van der Waals surface area contributed by atoms with Crippen molar-refractivity contribution in [3.05, 3.63) is 311 Å². The van der Waals surface area contributed by atoms with Crippen LogP contribution in [0.5, 0.6) is 0 Å². The lowest BCUT2D eigenvalue weighted by Gasteiger charge is -2.44. The van der Waals surface area contributed by atoms with Gasteiger partial charge in [0.25, 0.3) is 6.71 Å². The minimum absolute atomic E-state index is 0.148. The molecule has 0 aliphatic carbocycles. The summed E-state index contributed by atoms with van der Waals surface area (Å²) in [4.78, 5) is 5.16. The second kappa shape index (κ2) is 21.6. The van der Waals surface area contributed by atoms with E-state index in [9.17, 15) is 0 Å². The van der Waals surface area contributed by atoms with Crippen LogP contribution in [0, 0.1) is 55.4 Å². The summed E-state index contributed by atoms with van der Waals surface area (Å²) in [6.45, 7) is 17.8. The maximum atomic E-state index is 2.59. The van der Waals surface area contributed by atoms with E-state index in [1.165, 1.54) is 144 Å². The zero-order valence-corrected chi connectivity index (χ0v) is 52.3. The third kappa shape index (κ3) is 8.87. The van der Waals surface area contributed by atoms with Crippen LogP contribution in [0.25, 0.3) is 94.3 Å². The molecule has 4 heteroatoms. The monoisotopic (exact) mass is 1150 g/mol. The molecule has 0 spiro atoms. The molecule has 90 heavy (non-hydrogen) atoms. The molecule has 16 rings (SSSR count). The van der Waals surface area contributed by atoms with Gasteiger partial charge in [0.1, 0.15) is 0 Å². The SMILES string of the molecule is Cc1cccc(C)c1-c1ccc(N2c3ccc(-c4c(C)cccc4C)cc3B3c4cc(-c5ccccc5)ccc4N(c4ccc(-c5ccccc5)cc4)c4cc(-n5c6ccc(-c7c(C)cccc7C)cc6c6cc(-c7c(C)cccc7C)ccc65)cc2c43)cc1. The highest BCUT2D eigenvalue weighted by molar-refractivity contribution is 7.00. The van der Waals surface area contributed by atoms with Crippen LogP contribution in [0.1, 0.15) is 44.5 Å². The lowest BCUT2D eigenvalue weighted by Crippen LogP contribution is -2.61. The largest absolute Gasteiger partial charge is 0.311 e. The summed E-state index contributed by atoms with van der Waals surface area (Å²) in [7, 11) is 0. The van der Waals surface area contributed by atoms with Crippen LogP contribution in [-0.2, 0) is 0 Å². The zero-order chi connectivity index (χ0) is 61.1. The third-order valence-corrected chi connectivity index (χ3v) is 19.6. The van der Waals surface area contributed by atoms with Crippen LogP contribution in [-0.4, -0.2) is 11.3 Å². The highest BCUT2D eigenvalue weighted by Crippen LogP contribution is 2.49. The minimum atomic E-state index is -0.148. The van der Waals surface area contributed by atoms with Crippen molar-refractivity contribution >= 4 is 79.0 Å². The van der Waals surface area contributed by atoms with E-state index in [-0.39, 0.29) is 6.71 Å². The van der Waals surface area contributed by atoms with E-state index < -0.39 is 0 Å². The summed E-state index contributed by atoms with van der Waals surface area (Å²) < 4.78 is 2.56. The van der Waals surface area contributed by atoms with Crippen molar-refractivity contribution in [2.24, 2.45) is 0 Å². The zero-order valence-electron chi connectivity index (χ0n) is 52.3. The molecule has 0 radical (unpaired) electrons. The van der Waals surface area contributed by atoms with Gasteiger partial charge in [-0.25, -0.2) is 0 Å². The second-order valence-electron chi connectivity index (χ2n) is 25.2. The fourth-order valence-corrected chi connectivity index (χ4v) is 15.5. The van der Waals surface area contributed by atoms with E-state index in [4.69, 9.17) is 0 Å². The first kappa shape index (κ1) is 54.7. The molecule has 0 amide bonds. The average molecular weight is 1150 g/mol. The van der Waals surface area contributed by atoms with E-state index >= 15 is 0 Å². The van der Waals surface area contributed by atoms with Crippen molar-refractivity contribution in [3.63, 3.8) is 0 Å². The van der Waals surface area contributed by atoms with Crippen molar-refractivity contribution in [2.75, 3.05) is 9.80 Å². The Balaban J connectivity index is 1.02. The fourth-order valence-electron chi connectivity index (χ4n) is 15.5. The van der Waals surface area contributed by atoms with E-state index in [1.54, 1.807) is 0 Å². The average Bonchev–Trinajstić information content (AvgIpc) is 0.870. The Labute approximate surface area is 529 Å². The summed E-state index contributed by atoms with van der Waals surface area (Å²) >= 11 is 0. The third-order valence-electron chi connectivity index (χ3n) is 19.6. The van der Waals surface area contributed by atoms with Gasteiger partial charge >= 0.3 is 0 Å². The molecule has 14 aromatic rings. The number of aromatic nitrogens is 1. The molecule has 0 saturated carbocycles. The van der Waals surface area contributed by atoms with Crippen LogP contribution >= 0.6 is 0 Å². The highest BCUT2D eigenvalue weighted by atomic mass is 15.2. The molecule has 0 unspecified atom stereocenters. The molecule has 0 fully saturated rings. The van der Waals surface area contributed by atoms with E-state index in [1.807, 2.05) is 0 Å². The Morgan fingerprint density at radius 2 is 0.556 bits per heavy atom. The molecule has 0 bridgehead atoms. The van der Waals surface area contributed by atoms with Crippen molar-refractivity contribution in [1.82, 2.24) is 4.57 Å². The molecule has 0 saturated heterocycles. The van der Waals surface area contributed by atoms with Gasteiger partial charge in [-0.2, -0.15) is 0 Å². The van der Waals surface area contributed by atoms with Gasteiger partial charge in [0.05, 0.1) is 16.7 Å². The summed E-state index contributed by atoms with van der Waals surface area (Å²) in [5.74, 6) is 0. The molecule has 0 atom stereocenters. The van der Waals surface area contributed by atoms with Crippen molar-refractivity contribution in [2.45, 2.75) is 55.4 Å². The van der Waals surface area contributed by atoms with Gasteiger partial charge in [-0.3, -0.25) is 0 Å². The molecular formula is C86H68BN3. The topological polar surface area (TPSA) is 11.4 Å². The molecule has 13 aromatic carbocycles. The number of nitrogens with zero attached hydrogens (tertiary/aromatic N) is 3. The van der Waals surface area contributed by atoms with Crippen LogP contribution in [0.15, 0.2) is 267 Å². The van der Waals surface area contributed by atoms with Crippen molar-refractivity contribution < 1.29 is 0 Å². The summed E-state index contributed by atoms with van der Waals surface area (Å²) in [5.41, 5.74) is 39.0. The number of benzene rings is 13. The van der Waals surface area contributed by atoms with Gasteiger partial charge < -0.3 is 14.4 Å². The first-order chi connectivity index (χ1) is 43.9. The van der Waals surface area contributed by atoms with Gasteiger partial charge in [-0.1, -0.05) is 194 Å². The standard InChI is InChI=1S/C86H68BN3/c1-53-19-15-20-54(2)82(53)64-33-41-70(42-34-64)89-79-46-38-68(85-59(7)25-18-26-60(85)8)50-75(79)87-74-49-65(62-29-13-10-14-30-62)35-45-78(74)88(69-39-31-63(32-40-69)61-27-11-9-12-28-61)80-51-71(52-81(89)86(80)87)90-76-43-36-66(83-55(3)21-16-22-56(83)4)47-72(76)73-48-67(37-44-77(73)90)84-57(5)23-17-24-58(84)6/h9-52H,1-8H3. The number of hydrogen-bond acceptors (Lipinski definition) is 2. The Hall–Kier alpha value is -10.7. The predicted octanol–water partition coefficient (Wildman–Crippen LogP) is 21.3. The lowest BCUT2D eigenvalue weighted by atomic mass is 9.33. The second-order valence-corrected chi connectivity index (χ2v) is 25.2. The predicted molar refractivity (Wildman–Crippen MR) is 385 cm³/mol. The smallest absolute Gasteiger partial charge is 0.252 e. The molecule has 3 heterocycles. The fraction of sp³-hybridized carbons (Fsp3) is 0.0930. The van der Waals surface area contributed by atoms with E-state index in [0.717, 1.165) is 45.2 Å². The lowest BCUT2D eigenvalue weighted by molar-refractivity contribution is 1.16. The van der Waals surface area contributed by atoms with Gasteiger partial charge in [0, 0.05) is 44.9 Å². The summed E-state index contributed by atoms with van der Waals surface area (Å²) in [5, 5.41) is 2.44. The number of hydrogen-bond donors (Lipinski definition) is 0. The maximum Gasteiger partial charge on any atom is 0.252 e. The Bertz CT molecular complexity index is 5020. The normalized spacial score (nSPS) is 12.4. The summed E-state index contributed by atoms with van der Waals surface area (Å²) in [6, 6.07) is 101. The number of anilines is 6. The highest BCUT2D eigenvalue weighted by Gasteiger charge is 2.44.